The lowest BCUT2D eigenvalue weighted by Crippen LogP contribution is -2.43. The third-order valence-electron chi connectivity index (χ3n) is 4.17. The van der Waals surface area contributed by atoms with Crippen LogP contribution in [0.4, 0.5) is 0 Å². The number of aromatic nitrogens is 1. The topological polar surface area (TPSA) is 68.0 Å². The molecule has 3 N–H and O–H groups in total. The number of hydrogen-bond donors (Lipinski definition) is 2. The SMILES string of the molecule is Cl.NCC1(C(=O)NCc2nc3ccccc3s2)CCCC1. The van der Waals surface area contributed by atoms with Gasteiger partial charge < -0.3 is 11.1 Å². The summed E-state index contributed by atoms with van der Waals surface area (Å²) in [5.74, 6) is 0.0942. The molecule has 1 aromatic carbocycles. The molecule has 0 radical (unpaired) electrons. The Morgan fingerprint density at radius 3 is 2.71 bits per heavy atom. The quantitative estimate of drug-likeness (QED) is 0.908. The highest BCUT2D eigenvalue weighted by molar-refractivity contribution is 7.18. The van der Waals surface area contributed by atoms with Crippen molar-refractivity contribution in [3.05, 3.63) is 29.3 Å². The Bertz CT molecular complexity index is 589. The molecule has 0 bridgehead atoms. The van der Waals surface area contributed by atoms with E-state index in [4.69, 9.17) is 5.73 Å². The number of nitrogens with two attached hydrogens (primary N) is 1. The minimum atomic E-state index is -0.337. The number of para-hydroxylation sites is 1. The zero-order chi connectivity index (χ0) is 14.0. The standard InChI is InChI=1S/C15H19N3OS.ClH/c16-10-15(7-3-4-8-15)14(19)17-9-13-18-11-5-1-2-6-12(11)20-13;/h1-2,5-6H,3-4,7-10,16H2,(H,17,19);1H. The minimum absolute atomic E-state index is 0. The van der Waals surface area contributed by atoms with Gasteiger partial charge in [-0.3, -0.25) is 4.79 Å². The van der Waals surface area contributed by atoms with E-state index >= 15 is 0 Å². The van der Waals surface area contributed by atoms with Gasteiger partial charge in [0.05, 0.1) is 22.2 Å². The van der Waals surface area contributed by atoms with Crippen LogP contribution in [0.15, 0.2) is 24.3 Å². The van der Waals surface area contributed by atoms with Gasteiger partial charge >= 0.3 is 0 Å². The fourth-order valence-electron chi connectivity index (χ4n) is 2.91. The number of hydrogen-bond acceptors (Lipinski definition) is 4. The number of benzene rings is 1. The van der Waals surface area contributed by atoms with Crippen LogP contribution in [0, 0.1) is 5.41 Å². The first-order chi connectivity index (χ1) is 9.73. The molecule has 1 fully saturated rings. The molecular weight excluding hydrogens is 306 g/mol. The second kappa shape index (κ2) is 6.73. The molecule has 114 valence electrons. The highest BCUT2D eigenvalue weighted by Crippen LogP contribution is 2.37. The summed E-state index contributed by atoms with van der Waals surface area (Å²) in [4.78, 5) is 16.9. The van der Waals surface area contributed by atoms with Crippen molar-refractivity contribution in [2.75, 3.05) is 6.54 Å². The van der Waals surface area contributed by atoms with E-state index in [1.54, 1.807) is 11.3 Å². The predicted octanol–water partition coefficient (Wildman–Crippen LogP) is 2.85. The van der Waals surface area contributed by atoms with Gasteiger partial charge in [-0.05, 0) is 25.0 Å². The molecule has 0 unspecified atom stereocenters. The average Bonchev–Trinajstić information content (AvgIpc) is 3.11. The molecule has 1 aliphatic carbocycles. The summed E-state index contributed by atoms with van der Waals surface area (Å²) in [5.41, 5.74) is 6.49. The predicted molar refractivity (Wildman–Crippen MR) is 88.7 cm³/mol. The zero-order valence-electron chi connectivity index (χ0n) is 11.8. The highest BCUT2D eigenvalue weighted by Gasteiger charge is 2.39. The van der Waals surface area contributed by atoms with Crippen molar-refractivity contribution in [1.29, 1.82) is 0 Å². The lowest BCUT2D eigenvalue weighted by molar-refractivity contribution is -0.130. The Hall–Kier alpha value is -1.17. The lowest BCUT2D eigenvalue weighted by Gasteiger charge is -2.25. The number of thiazole rings is 1. The Morgan fingerprint density at radius 2 is 2.05 bits per heavy atom. The van der Waals surface area contributed by atoms with Gasteiger partial charge in [0.1, 0.15) is 5.01 Å². The van der Waals surface area contributed by atoms with E-state index in [0.29, 0.717) is 13.1 Å². The molecule has 2 aromatic rings. The fraction of sp³-hybridized carbons (Fsp3) is 0.467. The maximum atomic E-state index is 12.4. The van der Waals surface area contributed by atoms with E-state index in [2.05, 4.69) is 16.4 Å². The van der Waals surface area contributed by atoms with Crippen molar-refractivity contribution in [3.63, 3.8) is 0 Å². The first-order valence-electron chi connectivity index (χ1n) is 7.06. The van der Waals surface area contributed by atoms with E-state index < -0.39 is 0 Å². The molecule has 0 aliphatic heterocycles. The molecule has 0 saturated heterocycles. The number of halogens is 1. The molecule has 1 saturated carbocycles. The maximum absolute atomic E-state index is 12.4. The molecule has 6 heteroatoms. The Morgan fingerprint density at radius 1 is 1.33 bits per heavy atom. The van der Waals surface area contributed by atoms with Crippen molar-refractivity contribution >= 4 is 39.9 Å². The molecule has 1 aliphatic rings. The Kier molecular flexibility index (Phi) is 5.19. The van der Waals surface area contributed by atoms with Crippen molar-refractivity contribution in [1.82, 2.24) is 10.3 Å². The smallest absolute Gasteiger partial charge is 0.227 e. The first-order valence-corrected chi connectivity index (χ1v) is 7.88. The van der Waals surface area contributed by atoms with E-state index in [-0.39, 0.29) is 23.7 Å². The molecule has 4 nitrogen and oxygen atoms in total. The molecular formula is C15H20ClN3OS. The van der Waals surface area contributed by atoms with Crippen LogP contribution in [0.5, 0.6) is 0 Å². The van der Waals surface area contributed by atoms with E-state index in [1.165, 1.54) is 0 Å². The number of carbonyl (C=O) groups excluding carboxylic acids is 1. The van der Waals surface area contributed by atoms with Crippen molar-refractivity contribution in [2.24, 2.45) is 11.1 Å². The molecule has 1 amide bonds. The monoisotopic (exact) mass is 325 g/mol. The summed E-state index contributed by atoms with van der Waals surface area (Å²) < 4.78 is 1.16. The second-order valence-corrected chi connectivity index (χ2v) is 6.56. The minimum Gasteiger partial charge on any atom is -0.349 e. The van der Waals surface area contributed by atoms with Gasteiger partial charge in [0.25, 0.3) is 0 Å². The van der Waals surface area contributed by atoms with E-state index in [1.807, 2.05) is 18.2 Å². The third kappa shape index (κ3) is 3.20. The highest BCUT2D eigenvalue weighted by atomic mass is 35.5. The van der Waals surface area contributed by atoms with Crippen LogP contribution in [-0.4, -0.2) is 17.4 Å². The molecule has 1 heterocycles. The second-order valence-electron chi connectivity index (χ2n) is 5.45. The summed E-state index contributed by atoms with van der Waals surface area (Å²) in [7, 11) is 0. The number of nitrogens with zero attached hydrogens (tertiary/aromatic N) is 1. The largest absolute Gasteiger partial charge is 0.349 e. The van der Waals surface area contributed by atoms with E-state index in [9.17, 15) is 4.79 Å². The number of fused-ring (bicyclic) bond motifs is 1. The van der Waals surface area contributed by atoms with Crippen molar-refractivity contribution < 1.29 is 4.79 Å². The van der Waals surface area contributed by atoms with E-state index in [0.717, 1.165) is 40.9 Å². The van der Waals surface area contributed by atoms with Crippen LogP contribution in [-0.2, 0) is 11.3 Å². The Labute approximate surface area is 134 Å². The molecule has 21 heavy (non-hydrogen) atoms. The van der Waals surface area contributed by atoms with Gasteiger partial charge in [-0.1, -0.05) is 25.0 Å². The first kappa shape index (κ1) is 16.2. The number of carbonyl (C=O) groups is 1. The van der Waals surface area contributed by atoms with Crippen LogP contribution in [0.3, 0.4) is 0 Å². The van der Waals surface area contributed by atoms with Gasteiger partial charge in [0.15, 0.2) is 0 Å². The van der Waals surface area contributed by atoms with Crippen LogP contribution < -0.4 is 11.1 Å². The fourth-order valence-corrected chi connectivity index (χ4v) is 3.82. The van der Waals surface area contributed by atoms with Crippen LogP contribution >= 0.6 is 23.7 Å². The average molecular weight is 326 g/mol. The third-order valence-corrected chi connectivity index (χ3v) is 5.21. The van der Waals surface area contributed by atoms with Gasteiger partial charge in [-0.15, -0.1) is 23.7 Å². The number of amides is 1. The van der Waals surface area contributed by atoms with Gasteiger partial charge in [-0.25, -0.2) is 4.98 Å². The van der Waals surface area contributed by atoms with Gasteiger partial charge in [0.2, 0.25) is 5.91 Å². The molecule has 3 rings (SSSR count). The molecule has 0 spiro atoms. The van der Waals surface area contributed by atoms with Gasteiger partial charge in [0, 0.05) is 6.54 Å². The maximum Gasteiger partial charge on any atom is 0.227 e. The summed E-state index contributed by atoms with van der Waals surface area (Å²) in [5, 5.41) is 3.97. The zero-order valence-corrected chi connectivity index (χ0v) is 13.4. The van der Waals surface area contributed by atoms with Crippen molar-refractivity contribution in [3.8, 4) is 0 Å². The summed E-state index contributed by atoms with van der Waals surface area (Å²) >= 11 is 1.63. The Balaban J connectivity index is 0.00000161. The van der Waals surface area contributed by atoms with Crippen LogP contribution in [0.2, 0.25) is 0 Å². The van der Waals surface area contributed by atoms with Gasteiger partial charge in [-0.2, -0.15) is 0 Å². The lowest BCUT2D eigenvalue weighted by atomic mass is 9.85. The van der Waals surface area contributed by atoms with Crippen molar-refractivity contribution in [2.45, 2.75) is 32.2 Å². The summed E-state index contributed by atoms with van der Waals surface area (Å²) in [6.45, 7) is 0.943. The van der Waals surface area contributed by atoms with Crippen LogP contribution in [0.1, 0.15) is 30.7 Å². The molecule has 1 aromatic heterocycles. The molecule has 0 atom stereocenters. The van der Waals surface area contributed by atoms with Crippen LogP contribution in [0.25, 0.3) is 10.2 Å². The number of nitrogens with one attached hydrogen (secondary N) is 1. The normalized spacial score (nSPS) is 16.6. The summed E-state index contributed by atoms with van der Waals surface area (Å²) in [6, 6.07) is 8.03. The number of rotatable bonds is 4. The summed E-state index contributed by atoms with van der Waals surface area (Å²) in [6.07, 6.45) is 4.03.